The number of carbonyl (C=O) groups is 3. The third kappa shape index (κ3) is 2.85. The Kier molecular flexibility index (Phi) is 4.26. The van der Waals surface area contributed by atoms with Crippen LogP contribution in [0.3, 0.4) is 0 Å². The molecule has 120 valence electrons. The molecule has 1 atom stereocenters. The Hall–Kier alpha value is -2.81. The van der Waals surface area contributed by atoms with E-state index in [1.165, 1.54) is 6.08 Å². The quantitative estimate of drug-likeness (QED) is 0.375. The zero-order valence-electron chi connectivity index (χ0n) is 13.5. The van der Waals surface area contributed by atoms with Crippen LogP contribution in [-0.2, 0) is 20.8 Å². The third-order valence-corrected chi connectivity index (χ3v) is 4.56. The summed E-state index contributed by atoms with van der Waals surface area (Å²) >= 11 is 0. The predicted octanol–water partition coefficient (Wildman–Crippen LogP) is 3.43. The van der Waals surface area contributed by atoms with E-state index < -0.39 is 17.0 Å². The van der Waals surface area contributed by atoms with E-state index in [9.17, 15) is 14.4 Å². The van der Waals surface area contributed by atoms with Gasteiger partial charge >= 0.3 is 0 Å². The lowest BCUT2D eigenvalue weighted by Crippen LogP contribution is -2.31. The first-order valence-corrected chi connectivity index (χ1v) is 7.97. The van der Waals surface area contributed by atoms with Crippen LogP contribution in [0.25, 0.3) is 6.08 Å². The predicted molar refractivity (Wildman–Crippen MR) is 92.3 cm³/mol. The molecule has 0 bridgehead atoms. The number of hydrogen-bond donors (Lipinski definition) is 0. The second-order valence-corrected chi connectivity index (χ2v) is 6.27. The monoisotopic (exact) mass is 318 g/mol. The highest BCUT2D eigenvalue weighted by atomic mass is 16.2. The molecule has 2 aromatic rings. The normalized spacial score (nSPS) is 22.4. The summed E-state index contributed by atoms with van der Waals surface area (Å²) in [7, 11) is 0. The largest absolute Gasteiger partial charge is 0.293 e. The summed E-state index contributed by atoms with van der Waals surface area (Å²) in [5.41, 5.74) is 0.538. The van der Waals surface area contributed by atoms with Gasteiger partial charge in [-0.25, -0.2) is 0 Å². The summed E-state index contributed by atoms with van der Waals surface area (Å²) < 4.78 is 0. The van der Waals surface area contributed by atoms with Crippen molar-refractivity contribution in [2.24, 2.45) is 5.41 Å². The van der Waals surface area contributed by atoms with E-state index >= 15 is 0 Å². The van der Waals surface area contributed by atoms with Gasteiger partial charge in [-0.15, -0.1) is 0 Å². The van der Waals surface area contributed by atoms with Crippen molar-refractivity contribution >= 4 is 23.4 Å². The van der Waals surface area contributed by atoms with Crippen molar-refractivity contribution < 1.29 is 14.4 Å². The van der Waals surface area contributed by atoms with E-state index in [1.807, 2.05) is 48.5 Å². The standard InChI is InChI=1S/C21H18O3/c1-21(13-12-15-8-4-2-5-9-15)19(23)17(18(22)20(21)24)14-16-10-6-3-7-11-16/h2-11,14H,12-13H2,1H3/b17-14-. The summed E-state index contributed by atoms with van der Waals surface area (Å²) in [5, 5.41) is 0. The summed E-state index contributed by atoms with van der Waals surface area (Å²) in [6, 6.07) is 18.8. The van der Waals surface area contributed by atoms with Gasteiger partial charge in [-0.3, -0.25) is 14.4 Å². The number of aryl methyl sites for hydroxylation is 1. The van der Waals surface area contributed by atoms with Gasteiger partial charge in [0.15, 0.2) is 5.78 Å². The Morgan fingerprint density at radius 3 is 2.04 bits per heavy atom. The van der Waals surface area contributed by atoms with E-state index in [4.69, 9.17) is 0 Å². The highest BCUT2D eigenvalue weighted by Gasteiger charge is 2.53. The highest BCUT2D eigenvalue weighted by Crippen LogP contribution is 2.37. The molecule has 0 radical (unpaired) electrons. The second kappa shape index (κ2) is 6.36. The second-order valence-electron chi connectivity index (χ2n) is 6.27. The van der Waals surface area contributed by atoms with Gasteiger partial charge in [0.05, 0.1) is 11.0 Å². The first-order chi connectivity index (χ1) is 11.5. The minimum atomic E-state index is -1.26. The molecule has 1 aliphatic carbocycles. The highest BCUT2D eigenvalue weighted by molar-refractivity contribution is 6.62. The van der Waals surface area contributed by atoms with Crippen molar-refractivity contribution in [3.05, 3.63) is 77.4 Å². The van der Waals surface area contributed by atoms with Gasteiger partial charge in [0.25, 0.3) is 0 Å². The summed E-state index contributed by atoms with van der Waals surface area (Å²) in [6.45, 7) is 1.59. The van der Waals surface area contributed by atoms with Crippen molar-refractivity contribution in [3.8, 4) is 0 Å². The molecule has 0 aromatic heterocycles. The minimum absolute atomic E-state index is 0.00163. The number of Topliss-reactive ketones (excluding diaryl/α,β-unsaturated/α-hetero) is 3. The van der Waals surface area contributed by atoms with Gasteiger partial charge in [-0.05, 0) is 37.0 Å². The van der Waals surface area contributed by atoms with Gasteiger partial charge in [-0.2, -0.15) is 0 Å². The van der Waals surface area contributed by atoms with Gasteiger partial charge in [-0.1, -0.05) is 60.7 Å². The summed E-state index contributed by atoms with van der Waals surface area (Å²) in [4.78, 5) is 37.5. The third-order valence-electron chi connectivity index (χ3n) is 4.56. The maximum Gasteiger partial charge on any atom is 0.233 e. The molecule has 1 aliphatic rings. The number of rotatable bonds is 4. The fourth-order valence-electron chi connectivity index (χ4n) is 2.99. The zero-order chi connectivity index (χ0) is 17.2. The van der Waals surface area contributed by atoms with Crippen molar-refractivity contribution in [2.45, 2.75) is 19.8 Å². The van der Waals surface area contributed by atoms with E-state index in [2.05, 4.69) is 0 Å². The molecule has 3 heteroatoms. The average molecular weight is 318 g/mol. The average Bonchev–Trinajstić information content (AvgIpc) is 2.78. The SMILES string of the molecule is CC1(CCc2ccccc2)C(=O)C(=O)/C(=C/c2ccccc2)C1=O. The lowest BCUT2D eigenvalue weighted by molar-refractivity contribution is -0.139. The Bertz CT molecular complexity index is 819. The summed E-state index contributed by atoms with van der Waals surface area (Å²) in [6.07, 6.45) is 2.45. The minimum Gasteiger partial charge on any atom is -0.293 e. The molecule has 0 amide bonds. The van der Waals surface area contributed by atoms with Crippen LogP contribution in [0.15, 0.2) is 66.2 Å². The molecular weight excluding hydrogens is 300 g/mol. The van der Waals surface area contributed by atoms with Crippen LogP contribution in [0.5, 0.6) is 0 Å². The van der Waals surface area contributed by atoms with Crippen molar-refractivity contribution in [1.29, 1.82) is 0 Å². The van der Waals surface area contributed by atoms with Crippen LogP contribution in [-0.4, -0.2) is 17.3 Å². The molecule has 0 spiro atoms. The fourth-order valence-corrected chi connectivity index (χ4v) is 2.99. The number of benzene rings is 2. The Labute approximate surface area is 141 Å². The molecule has 0 heterocycles. The van der Waals surface area contributed by atoms with Crippen LogP contribution >= 0.6 is 0 Å². The zero-order valence-corrected chi connectivity index (χ0v) is 13.5. The van der Waals surface area contributed by atoms with Crippen LogP contribution in [0, 0.1) is 5.41 Å². The van der Waals surface area contributed by atoms with E-state index in [1.54, 1.807) is 19.1 Å². The van der Waals surface area contributed by atoms with Gasteiger partial charge in [0.1, 0.15) is 0 Å². The van der Waals surface area contributed by atoms with E-state index in [0.29, 0.717) is 12.8 Å². The first kappa shape index (κ1) is 16.1. The molecule has 0 aliphatic heterocycles. The maximum absolute atomic E-state index is 12.8. The van der Waals surface area contributed by atoms with Crippen molar-refractivity contribution in [2.75, 3.05) is 0 Å². The molecule has 2 aromatic carbocycles. The van der Waals surface area contributed by atoms with Gasteiger partial charge < -0.3 is 0 Å². The fraction of sp³-hybridized carbons (Fsp3) is 0.190. The van der Waals surface area contributed by atoms with Crippen LogP contribution in [0.1, 0.15) is 24.5 Å². The molecule has 1 unspecified atom stereocenters. The summed E-state index contributed by atoms with van der Waals surface area (Å²) in [5.74, 6) is -1.62. The van der Waals surface area contributed by atoms with Crippen molar-refractivity contribution in [3.63, 3.8) is 0 Å². The number of ketones is 3. The first-order valence-electron chi connectivity index (χ1n) is 7.97. The Morgan fingerprint density at radius 2 is 1.42 bits per heavy atom. The molecule has 3 nitrogen and oxygen atoms in total. The van der Waals surface area contributed by atoms with Crippen LogP contribution in [0.4, 0.5) is 0 Å². The Morgan fingerprint density at radius 1 is 0.833 bits per heavy atom. The molecule has 1 saturated carbocycles. The number of hydrogen-bond acceptors (Lipinski definition) is 3. The Balaban J connectivity index is 1.87. The lowest BCUT2D eigenvalue weighted by atomic mass is 9.80. The smallest absolute Gasteiger partial charge is 0.233 e. The van der Waals surface area contributed by atoms with Crippen LogP contribution in [0.2, 0.25) is 0 Å². The van der Waals surface area contributed by atoms with Crippen molar-refractivity contribution in [1.82, 2.24) is 0 Å². The van der Waals surface area contributed by atoms with Crippen LogP contribution < -0.4 is 0 Å². The lowest BCUT2D eigenvalue weighted by Gasteiger charge is -2.18. The molecule has 1 fully saturated rings. The molecular formula is C21H18O3. The molecule has 24 heavy (non-hydrogen) atoms. The molecule has 0 saturated heterocycles. The number of carbonyl (C=O) groups excluding carboxylic acids is 3. The van der Waals surface area contributed by atoms with Gasteiger partial charge in [0, 0.05) is 0 Å². The molecule has 3 rings (SSSR count). The molecule has 0 N–H and O–H groups in total. The van der Waals surface area contributed by atoms with E-state index in [0.717, 1.165) is 11.1 Å². The topological polar surface area (TPSA) is 51.2 Å². The van der Waals surface area contributed by atoms with E-state index in [-0.39, 0.29) is 11.4 Å². The maximum atomic E-state index is 12.8. The number of allylic oxidation sites excluding steroid dienone is 1. The van der Waals surface area contributed by atoms with Gasteiger partial charge in [0.2, 0.25) is 11.6 Å².